The third kappa shape index (κ3) is 0.976. The first kappa shape index (κ1) is 8.98. The van der Waals surface area contributed by atoms with Crippen molar-refractivity contribution >= 4 is 28.5 Å². The molecule has 0 aromatic rings. The maximum absolute atomic E-state index is 12.3. The predicted octanol–water partition coefficient (Wildman–Crippen LogP) is 1.12. The molecule has 1 amide bonds. The van der Waals surface area contributed by atoms with Crippen molar-refractivity contribution in [3.63, 3.8) is 0 Å². The van der Waals surface area contributed by atoms with Gasteiger partial charge in [-0.2, -0.15) is 0 Å². The Bertz CT molecular complexity index is 379. The Morgan fingerprint density at radius 3 is 3.00 bits per heavy atom. The molecule has 4 heteroatoms. The number of ether oxygens (including phenoxy) is 1. The van der Waals surface area contributed by atoms with Gasteiger partial charge >= 0.3 is 0 Å². The standard InChI is InChI=1S/C11H12INO2/c12-9-7-3-4-11(15-7)5-13(6-1-2-6)10(14)8(9)11/h3-4,6-9H,1-2,5H2/t7-,8?,9-,11-/m1/s1. The summed E-state index contributed by atoms with van der Waals surface area (Å²) >= 11 is 2.38. The monoisotopic (exact) mass is 317 g/mol. The summed E-state index contributed by atoms with van der Waals surface area (Å²) in [5, 5.41) is 0. The summed E-state index contributed by atoms with van der Waals surface area (Å²) in [5.74, 6) is 0.428. The molecule has 2 saturated heterocycles. The predicted molar refractivity (Wildman–Crippen MR) is 62.8 cm³/mol. The van der Waals surface area contributed by atoms with Gasteiger partial charge in [-0.15, -0.1) is 0 Å². The third-order valence-electron chi connectivity index (χ3n) is 4.04. The lowest BCUT2D eigenvalue weighted by Crippen LogP contribution is -2.35. The van der Waals surface area contributed by atoms with Crippen molar-refractivity contribution < 1.29 is 9.53 Å². The molecular weight excluding hydrogens is 305 g/mol. The number of carbonyl (C=O) groups is 1. The molecule has 1 saturated carbocycles. The number of carbonyl (C=O) groups excluding carboxylic acids is 1. The van der Waals surface area contributed by atoms with E-state index < -0.39 is 0 Å². The van der Waals surface area contributed by atoms with E-state index in [4.69, 9.17) is 4.74 Å². The molecule has 3 nitrogen and oxygen atoms in total. The number of alkyl halides is 1. The number of rotatable bonds is 1. The van der Waals surface area contributed by atoms with E-state index in [0.29, 0.717) is 15.9 Å². The van der Waals surface area contributed by atoms with E-state index in [1.807, 2.05) is 0 Å². The minimum atomic E-state index is -0.254. The summed E-state index contributed by atoms with van der Waals surface area (Å²) in [6.07, 6.45) is 6.83. The van der Waals surface area contributed by atoms with Crippen molar-refractivity contribution in [2.24, 2.45) is 5.92 Å². The Balaban J connectivity index is 1.76. The molecule has 0 aromatic carbocycles. The Hall–Kier alpha value is -0.100. The van der Waals surface area contributed by atoms with Crippen LogP contribution in [0.3, 0.4) is 0 Å². The number of hydrogen-bond acceptors (Lipinski definition) is 2. The number of fused-ring (bicyclic) bond motifs is 1. The summed E-state index contributed by atoms with van der Waals surface area (Å²) in [4.78, 5) is 14.3. The van der Waals surface area contributed by atoms with E-state index in [1.165, 1.54) is 12.8 Å². The summed E-state index contributed by atoms with van der Waals surface area (Å²) in [7, 11) is 0. The van der Waals surface area contributed by atoms with Crippen LogP contribution in [0.1, 0.15) is 12.8 Å². The molecule has 0 radical (unpaired) electrons. The van der Waals surface area contributed by atoms with Gasteiger partial charge in [-0.1, -0.05) is 34.7 Å². The number of likely N-dealkylation sites (tertiary alicyclic amines) is 1. The van der Waals surface area contributed by atoms with Crippen LogP contribution in [0.2, 0.25) is 0 Å². The number of halogens is 1. The first-order chi connectivity index (χ1) is 7.21. The molecule has 2 bridgehead atoms. The molecule has 3 heterocycles. The average molecular weight is 317 g/mol. The van der Waals surface area contributed by atoms with Crippen LogP contribution in [0.5, 0.6) is 0 Å². The average Bonchev–Trinajstić information content (AvgIpc) is 2.84. The third-order valence-corrected chi connectivity index (χ3v) is 5.46. The van der Waals surface area contributed by atoms with Gasteiger partial charge in [0.1, 0.15) is 5.60 Å². The van der Waals surface area contributed by atoms with Crippen LogP contribution >= 0.6 is 22.6 Å². The number of nitrogens with zero attached hydrogens (tertiary/aromatic N) is 1. The van der Waals surface area contributed by atoms with Gasteiger partial charge in [-0.3, -0.25) is 4.79 Å². The Kier molecular flexibility index (Phi) is 1.55. The van der Waals surface area contributed by atoms with Crippen LogP contribution in [-0.4, -0.2) is 39.0 Å². The maximum Gasteiger partial charge on any atom is 0.230 e. The van der Waals surface area contributed by atoms with Crippen LogP contribution in [0.15, 0.2) is 12.2 Å². The van der Waals surface area contributed by atoms with Crippen molar-refractivity contribution in [2.45, 2.75) is 34.5 Å². The van der Waals surface area contributed by atoms with Gasteiger partial charge in [0.15, 0.2) is 0 Å². The van der Waals surface area contributed by atoms with Crippen LogP contribution in [0.25, 0.3) is 0 Å². The van der Waals surface area contributed by atoms with E-state index in [9.17, 15) is 4.79 Å². The SMILES string of the molecule is O=C1C2[C@H](I)[C@H]3C=C[C@]2(CN1C1CC1)O3. The zero-order chi connectivity index (χ0) is 10.2. The van der Waals surface area contributed by atoms with Crippen molar-refractivity contribution in [3.8, 4) is 0 Å². The second-order valence-corrected chi connectivity index (χ2v) is 6.45. The van der Waals surface area contributed by atoms with E-state index in [0.717, 1.165) is 6.54 Å². The largest absolute Gasteiger partial charge is 0.360 e. The van der Waals surface area contributed by atoms with E-state index in [1.54, 1.807) is 0 Å². The van der Waals surface area contributed by atoms with Crippen LogP contribution in [0, 0.1) is 5.92 Å². The Morgan fingerprint density at radius 2 is 2.33 bits per heavy atom. The second kappa shape index (κ2) is 2.59. The Morgan fingerprint density at radius 1 is 1.53 bits per heavy atom. The normalized spacial score (nSPS) is 51.7. The molecule has 4 aliphatic rings. The van der Waals surface area contributed by atoms with E-state index >= 15 is 0 Å². The van der Waals surface area contributed by atoms with Gasteiger partial charge in [0, 0.05) is 6.04 Å². The highest BCUT2D eigenvalue weighted by Crippen LogP contribution is 2.53. The van der Waals surface area contributed by atoms with Gasteiger partial charge in [-0.05, 0) is 12.8 Å². The van der Waals surface area contributed by atoms with Gasteiger partial charge in [0.25, 0.3) is 0 Å². The quantitative estimate of drug-likeness (QED) is 0.412. The van der Waals surface area contributed by atoms with Gasteiger partial charge in [0.2, 0.25) is 5.91 Å². The molecule has 80 valence electrons. The molecule has 0 N–H and O–H groups in total. The fraction of sp³-hybridized carbons (Fsp3) is 0.727. The highest BCUT2D eigenvalue weighted by Gasteiger charge is 2.65. The van der Waals surface area contributed by atoms with Crippen molar-refractivity contribution in [2.75, 3.05) is 6.54 Å². The molecule has 3 aliphatic heterocycles. The molecule has 1 aliphatic carbocycles. The Labute approximate surface area is 102 Å². The fourth-order valence-corrected chi connectivity index (χ4v) is 4.45. The first-order valence-electron chi connectivity index (χ1n) is 5.53. The smallest absolute Gasteiger partial charge is 0.230 e. The molecular formula is C11H12INO2. The minimum absolute atomic E-state index is 0.0914. The zero-order valence-corrected chi connectivity index (χ0v) is 10.4. The van der Waals surface area contributed by atoms with Crippen molar-refractivity contribution in [1.82, 2.24) is 4.90 Å². The lowest BCUT2D eigenvalue weighted by Gasteiger charge is -2.21. The van der Waals surface area contributed by atoms with Gasteiger partial charge < -0.3 is 9.64 Å². The van der Waals surface area contributed by atoms with Gasteiger partial charge in [0.05, 0.1) is 22.5 Å². The zero-order valence-electron chi connectivity index (χ0n) is 8.23. The molecule has 1 spiro atoms. The highest BCUT2D eigenvalue weighted by atomic mass is 127. The second-order valence-electron chi connectivity index (χ2n) is 5.02. The topological polar surface area (TPSA) is 29.5 Å². The summed E-state index contributed by atoms with van der Waals surface area (Å²) < 4.78 is 6.33. The highest BCUT2D eigenvalue weighted by molar-refractivity contribution is 14.1. The van der Waals surface area contributed by atoms with Gasteiger partial charge in [-0.25, -0.2) is 0 Å². The molecule has 1 unspecified atom stereocenters. The molecule has 4 rings (SSSR count). The van der Waals surface area contributed by atoms with Crippen LogP contribution in [-0.2, 0) is 9.53 Å². The summed E-state index contributed by atoms with van der Waals surface area (Å²) in [6.45, 7) is 0.799. The molecule has 3 fully saturated rings. The van der Waals surface area contributed by atoms with Crippen LogP contribution in [0.4, 0.5) is 0 Å². The molecule has 4 atom stereocenters. The number of hydrogen-bond donors (Lipinski definition) is 0. The van der Waals surface area contributed by atoms with Crippen LogP contribution < -0.4 is 0 Å². The van der Waals surface area contributed by atoms with E-state index in [-0.39, 0.29) is 17.6 Å². The summed E-state index contributed by atoms with van der Waals surface area (Å²) in [6, 6.07) is 0.525. The minimum Gasteiger partial charge on any atom is -0.360 e. The fourth-order valence-electron chi connectivity index (χ4n) is 3.15. The lowest BCUT2D eigenvalue weighted by molar-refractivity contribution is -0.131. The van der Waals surface area contributed by atoms with E-state index in [2.05, 4.69) is 39.6 Å². The molecule has 15 heavy (non-hydrogen) atoms. The van der Waals surface area contributed by atoms with Crippen molar-refractivity contribution in [3.05, 3.63) is 12.2 Å². The first-order valence-corrected chi connectivity index (χ1v) is 6.78. The van der Waals surface area contributed by atoms with Crippen molar-refractivity contribution in [1.29, 1.82) is 0 Å². The molecule has 0 aromatic heterocycles. The maximum atomic E-state index is 12.3. The number of amides is 1. The summed E-state index contributed by atoms with van der Waals surface area (Å²) in [5.41, 5.74) is -0.254. The lowest BCUT2D eigenvalue weighted by atomic mass is 9.85.